The number of hydrogen-bond acceptors (Lipinski definition) is 3. The predicted molar refractivity (Wildman–Crippen MR) is 97.3 cm³/mol. The number of piperidine rings is 1. The van der Waals surface area contributed by atoms with Crippen molar-refractivity contribution in [2.24, 2.45) is 11.3 Å². The smallest absolute Gasteiger partial charge is 0.327 e. The Balaban J connectivity index is 1.29. The van der Waals surface area contributed by atoms with Crippen LogP contribution in [0.2, 0.25) is 0 Å². The summed E-state index contributed by atoms with van der Waals surface area (Å²) in [6.45, 7) is 4.56. The zero-order valence-electron chi connectivity index (χ0n) is 15.9. The Morgan fingerprint density at radius 3 is 2.46 bits per heavy atom. The van der Waals surface area contributed by atoms with Gasteiger partial charge >= 0.3 is 6.03 Å². The highest BCUT2D eigenvalue weighted by atomic mass is 16.2. The molecule has 3 saturated heterocycles. The van der Waals surface area contributed by atoms with Crippen LogP contribution in [-0.4, -0.2) is 64.8 Å². The fourth-order valence-corrected chi connectivity index (χ4v) is 5.58. The molecule has 1 spiro atoms. The Hall–Kier alpha value is -1.59. The van der Waals surface area contributed by atoms with Crippen LogP contribution in [0.25, 0.3) is 0 Å². The Labute approximate surface area is 155 Å². The van der Waals surface area contributed by atoms with E-state index in [1.807, 2.05) is 11.8 Å². The molecule has 1 saturated carbocycles. The molecule has 4 amide bonds. The van der Waals surface area contributed by atoms with Gasteiger partial charge in [0.25, 0.3) is 5.91 Å². The van der Waals surface area contributed by atoms with Gasteiger partial charge in [-0.3, -0.25) is 14.5 Å². The molecule has 3 aliphatic heterocycles. The van der Waals surface area contributed by atoms with E-state index in [1.54, 1.807) is 4.90 Å². The van der Waals surface area contributed by atoms with Crippen LogP contribution < -0.4 is 0 Å². The number of fused-ring (bicyclic) bond motifs is 1. The van der Waals surface area contributed by atoms with Gasteiger partial charge in [-0.2, -0.15) is 0 Å². The van der Waals surface area contributed by atoms with E-state index in [0.29, 0.717) is 25.4 Å². The van der Waals surface area contributed by atoms with Gasteiger partial charge in [0.05, 0.1) is 0 Å². The van der Waals surface area contributed by atoms with Crippen molar-refractivity contribution in [2.75, 3.05) is 26.2 Å². The quantitative estimate of drug-likeness (QED) is 0.723. The van der Waals surface area contributed by atoms with E-state index >= 15 is 0 Å². The summed E-state index contributed by atoms with van der Waals surface area (Å²) in [5, 5.41) is 0. The molecule has 3 heterocycles. The Kier molecular flexibility index (Phi) is 4.70. The highest BCUT2D eigenvalue weighted by Crippen LogP contribution is 2.46. The second-order valence-electron chi connectivity index (χ2n) is 8.78. The maximum Gasteiger partial charge on any atom is 0.327 e. The summed E-state index contributed by atoms with van der Waals surface area (Å²) in [4.78, 5) is 42.6. The third-order valence-electron chi connectivity index (χ3n) is 7.27. The highest BCUT2D eigenvalue weighted by molar-refractivity contribution is 6.04. The summed E-state index contributed by atoms with van der Waals surface area (Å²) in [6.07, 6.45) is 9.60. The summed E-state index contributed by atoms with van der Waals surface area (Å²) in [5.74, 6) is 1.04. The number of imide groups is 1. The van der Waals surface area contributed by atoms with Crippen LogP contribution in [0, 0.1) is 11.3 Å². The average molecular weight is 361 g/mol. The summed E-state index contributed by atoms with van der Waals surface area (Å²) in [6, 6.07) is -0.374. The first-order chi connectivity index (χ1) is 12.5. The monoisotopic (exact) mass is 361 g/mol. The van der Waals surface area contributed by atoms with Crippen molar-refractivity contribution in [1.82, 2.24) is 14.7 Å². The number of amides is 4. The van der Waals surface area contributed by atoms with E-state index in [2.05, 4.69) is 0 Å². The van der Waals surface area contributed by atoms with Gasteiger partial charge in [0.2, 0.25) is 5.91 Å². The maximum atomic E-state index is 12.5. The molecule has 6 heteroatoms. The molecule has 4 aliphatic rings. The summed E-state index contributed by atoms with van der Waals surface area (Å²) < 4.78 is 0. The normalized spacial score (nSPS) is 28.5. The topological polar surface area (TPSA) is 60.9 Å². The lowest BCUT2D eigenvalue weighted by atomic mass is 9.76. The van der Waals surface area contributed by atoms with Crippen molar-refractivity contribution in [3.8, 4) is 0 Å². The van der Waals surface area contributed by atoms with Crippen LogP contribution in [0.3, 0.4) is 0 Å². The lowest BCUT2D eigenvalue weighted by Crippen LogP contribution is -2.45. The molecule has 6 nitrogen and oxygen atoms in total. The minimum Gasteiger partial charge on any atom is -0.343 e. The third kappa shape index (κ3) is 3.01. The van der Waals surface area contributed by atoms with Crippen LogP contribution in [0.4, 0.5) is 4.79 Å². The molecular formula is C20H31N3O3. The van der Waals surface area contributed by atoms with Gasteiger partial charge in [0.15, 0.2) is 0 Å². The number of carbonyl (C=O) groups excluding carboxylic acids is 3. The first-order valence-electron chi connectivity index (χ1n) is 10.4. The van der Waals surface area contributed by atoms with Crippen molar-refractivity contribution in [2.45, 2.75) is 70.8 Å². The van der Waals surface area contributed by atoms with Crippen LogP contribution in [0.1, 0.15) is 64.7 Å². The van der Waals surface area contributed by atoms with Gasteiger partial charge in [-0.25, -0.2) is 4.79 Å². The largest absolute Gasteiger partial charge is 0.343 e. The number of likely N-dealkylation sites (N-methyl/N-ethyl adjacent to an activating group) is 1. The molecule has 26 heavy (non-hydrogen) atoms. The summed E-state index contributed by atoms with van der Waals surface area (Å²) in [5.41, 5.74) is 0.0397. The van der Waals surface area contributed by atoms with Crippen molar-refractivity contribution in [3.63, 3.8) is 0 Å². The molecule has 4 fully saturated rings. The molecule has 1 atom stereocenters. The number of carbonyl (C=O) groups is 3. The second-order valence-corrected chi connectivity index (χ2v) is 8.78. The lowest BCUT2D eigenvalue weighted by molar-refractivity contribution is -0.134. The number of hydrogen-bond donors (Lipinski definition) is 0. The first kappa shape index (κ1) is 17.8. The van der Waals surface area contributed by atoms with E-state index in [1.165, 1.54) is 30.6 Å². The van der Waals surface area contributed by atoms with E-state index in [4.69, 9.17) is 0 Å². The molecule has 0 N–H and O–H groups in total. The number of rotatable bonds is 4. The van der Waals surface area contributed by atoms with Gasteiger partial charge in [0, 0.05) is 32.6 Å². The zero-order valence-corrected chi connectivity index (χ0v) is 15.9. The second kappa shape index (κ2) is 6.86. The van der Waals surface area contributed by atoms with E-state index < -0.39 is 0 Å². The fraction of sp³-hybridized carbons (Fsp3) is 0.850. The highest BCUT2D eigenvalue weighted by Gasteiger charge is 2.56. The Morgan fingerprint density at radius 2 is 1.85 bits per heavy atom. The molecule has 1 unspecified atom stereocenters. The minimum atomic E-state index is -0.257. The van der Waals surface area contributed by atoms with Crippen molar-refractivity contribution >= 4 is 17.8 Å². The lowest BCUT2D eigenvalue weighted by Gasteiger charge is -2.39. The first-order valence-corrected chi connectivity index (χ1v) is 10.4. The van der Waals surface area contributed by atoms with Crippen molar-refractivity contribution < 1.29 is 14.4 Å². The maximum absolute atomic E-state index is 12.5. The standard InChI is InChI=1S/C20H31N3O3/c1-2-22-18(25)16-13-20(14-23(16)19(22)26)9-11-21(12-10-20)17(24)8-7-15-5-3-4-6-15/h15-16H,2-14H2,1H3. The molecule has 0 aromatic heterocycles. The van der Waals surface area contributed by atoms with Gasteiger partial charge < -0.3 is 9.80 Å². The molecule has 4 rings (SSSR count). The molecule has 0 bridgehead atoms. The van der Waals surface area contributed by atoms with Gasteiger partial charge in [-0.15, -0.1) is 0 Å². The fourth-order valence-electron chi connectivity index (χ4n) is 5.58. The Bertz CT molecular complexity index is 565. The van der Waals surface area contributed by atoms with Crippen LogP contribution in [-0.2, 0) is 9.59 Å². The van der Waals surface area contributed by atoms with E-state index in [0.717, 1.165) is 44.7 Å². The molecular weight excluding hydrogens is 330 g/mol. The van der Waals surface area contributed by atoms with Crippen molar-refractivity contribution in [1.29, 1.82) is 0 Å². The van der Waals surface area contributed by atoms with Crippen LogP contribution in [0.5, 0.6) is 0 Å². The average Bonchev–Trinajstić information content (AvgIpc) is 3.33. The van der Waals surface area contributed by atoms with Gasteiger partial charge in [-0.1, -0.05) is 25.7 Å². The molecule has 144 valence electrons. The Morgan fingerprint density at radius 1 is 1.15 bits per heavy atom. The molecule has 0 aromatic rings. The number of likely N-dealkylation sites (tertiary alicyclic amines) is 1. The van der Waals surface area contributed by atoms with Crippen molar-refractivity contribution in [3.05, 3.63) is 0 Å². The minimum absolute atomic E-state index is 0.0237. The van der Waals surface area contributed by atoms with Gasteiger partial charge in [0.1, 0.15) is 6.04 Å². The summed E-state index contributed by atoms with van der Waals surface area (Å²) in [7, 11) is 0. The number of nitrogens with zero attached hydrogens (tertiary/aromatic N) is 3. The van der Waals surface area contributed by atoms with E-state index in [9.17, 15) is 14.4 Å². The van der Waals surface area contributed by atoms with Crippen LogP contribution in [0.15, 0.2) is 0 Å². The van der Waals surface area contributed by atoms with Gasteiger partial charge in [-0.05, 0) is 43.9 Å². The SMILES string of the molecule is CCN1C(=O)C2CC3(CCN(C(=O)CCC4CCCC4)CC3)CN2C1=O. The third-order valence-corrected chi connectivity index (χ3v) is 7.27. The molecule has 0 radical (unpaired) electrons. The zero-order chi connectivity index (χ0) is 18.3. The predicted octanol–water partition coefficient (Wildman–Crippen LogP) is 2.62. The number of urea groups is 1. The molecule has 0 aromatic carbocycles. The molecule has 1 aliphatic carbocycles. The van der Waals surface area contributed by atoms with E-state index in [-0.39, 0.29) is 23.4 Å². The summed E-state index contributed by atoms with van der Waals surface area (Å²) >= 11 is 0. The van der Waals surface area contributed by atoms with Crippen LogP contribution >= 0.6 is 0 Å².